The van der Waals surface area contributed by atoms with Crippen LogP contribution in [0.15, 0.2) is 78.9 Å². The lowest BCUT2D eigenvalue weighted by Gasteiger charge is -2.13. The maximum Gasteiger partial charge on any atom is 0.363 e. The topological polar surface area (TPSA) is 105 Å². The molecule has 3 aromatic carbocycles. The third kappa shape index (κ3) is 3.74. The largest absolute Gasteiger partial charge is 0.363 e. The van der Waals surface area contributed by atoms with Crippen molar-refractivity contribution in [1.82, 2.24) is 5.06 Å². The van der Waals surface area contributed by atoms with E-state index in [-0.39, 0.29) is 16.7 Å². The van der Waals surface area contributed by atoms with Gasteiger partial charge in [0.15, 0.2) is 0 Å². The van der Waals surface area contributed by atoms with Crippen molar-refractivity contribution in [2.45, 2.75) is 0 Å². The molecule has 3 aromatic rings. The predicted molar refractivity (Wildman–Crippen MR) is 108 cm³/mol. The van der Waals surface area contributed by atoms with Crippen molar-refractivity contribution in [3.05, 3.63) is 95.6 Å². The molecule has 4 amide bonds. The van der Waals surface area contributed by atoms with E-state index in [1.54, 1.807) is 36.4 Å². The Morgan fingerprint density at radius 2 is 1.17 bits per heavy atom. The van der Waals surface area contributed by atoms with E-state index in [0.29, 0.717) is 16.4 Å². The molecule has 0 saturated heterocycles. The summed E-state index contributed by atoms with van der Waals surface area (Å²) in [7, 11) is 0. The minimum Gasteiger partial charge on any atom is -0.324 e. The number of hydroxylamine groups is 2. The van der Waals surface area contributed by atoms with E-state index in [1.165, 1.54) is 36.4 Å². The molecule has 1 heterocycles. The quantitative estimate of drug-likeness (QED) is 0.649. The third-order valence-corrected chi connectivity index (χ3v) is 4.34. The first-order valence-corrected chi connectivity index (χ1v) is 8.96. The molecule has 148 valence electrons. The summed E-state index contributed by atoms with van der Waals surface area (Å²) < 4.78 is 0. The second kappa shape index (κ2) is 7.88. The van der Waals surface area contributed by atoms with Gasteiger partial charge in [0, 0.05) is 11.4 Å². The smallest absolute Gasteiger partial charge is 0.324 e. The molecule has 8 heteroatoms. The van der Waals surface area contributed by atoms with Crippen LogP contribution in [0.1, 0.15) is 31.1 Å². The van der Waals surface area contributed by atoms with Gasteiger partial charge in [0.2, 0.25) is 0 Å². The molecule has 0 atom stereocenters. The second-order valence-corrected chi connectivity index (χ2v) is 6.35. The maximum absolute atomic E-state index is 12.3. The number of nitrogens with one attached hydrogen (secondary N) is 2. The van der Waals surface area contributed by atoms with Crippen LogP contribution in [0.4, 0.5) is 16.2 Å². The highest BCUT2D eigenvalue weighted by Crippen LogP contribution is 2.23. The molecule has 4 rings (SSSR count). The van der Waals surface area contributed by atoms with Gasteiger partial charge in [0.25, 0.3) is 11.8 Å². The standard InChI is InChI=1S/C22H15N3O5/c26-19-17-8-4-5-9-18(17)20(27)25(19)30-21(28)14-10-12-16(13-11-14)24-22(29)23-15-6-2-1-3-7-15/h1-13H,(H2,23,24,29). The summed E-state index contributed by atoms with van der Waals surface area (Å²) in [4.78, 5) is 53.9. The van der Waals surface area contributed by atoms with Crippen LogP contribution in [0.25, 0.3) is 0 Å². The number of anilines is 2. The Labute approximate surface area is 171 Å². The molecule has 8 nitrogen and oxygen atoms in total. The Morgan fingerprint density at radius 1 is 0.667 bits per heavy atom. The SMILES string of the molecule is O=C(Nc1ccccc1)Nc1ccc(C(=O)ON2C(=O)c3ccccc3C2=O)cc1. The molecule has 0 radical (unpaired) electrons. The summed E-state index contributed by atoms with van der Waals surface area (Å²) in [5.41, 5.74) is 1.55. The fraction of sp³-hybridized carbons (Fsp3) is 0. The van der Waals surface area contributed by atoms with Gasteiger partial charge in [-0.05, 0) is 48.5 Å². The number of para-hydroxylation sites is 1. The van der Waals surface area contributed by atoms with Crippen LogP contribution in [-0.2, 0) is 4.84 Å². The second-order valence-electron chi connectivity index (χ2n) is 6.35. The number of urea groups is 1. The lowest BCUT2D eigenvalue weighted by molar-refractivity contribution is -0.0584. The average molecular weight is 401 g/mol. The molecule has 30 heavy (non-hydrogen) atoms. The Kier molecular flexibility index (Phi) is 4.96. The molecule has 0 aliphatic carbocycles. The van der Waals surface area contributed by atoms with E-state index in [4.69, 9.17) is 4.84 Å². The lowest BCUT2D eigenvalue weighted by Crippen LogP contribution is -2.32. The van der Waals surface area contributed by atoms with Gasteiger partial charge >= 0.3 is 12.0 Å². The van der Waals surface area contributed by atoms with Crippen molar-refractivity contribution in [3.63, 3.8) is 0 Å². The molecule has 0 spiro atoms. The van der Waals surface area contributed by atoms with Crippen LogP contribution >= 0.6 is 0 Å². The minimum atomic E-state index is -0.871. The normalized spacial score (nSPS) is 12.3. The number of amides is 4. The number of benzene rings is 3. The van der Waals surface area contributed by atoms with E-state index in [0.717, 1.165) is 0 Å². The maximum atomic E-state index is 12.3. The molecule has 1 aliphatic rings. The van der Waals surface area contributed by atoms with Crippen LogP contribution in [0.5, 0.6) is 0 Å². The molecular formula is C22H15N3O5. The molecule has 0 fully saturated rings. The number of hydrogen-bond acceptors (Lipinski definition) is 5. The van der Waals surface area contributed by atoms with Crippen LogP contribution in [-0.4, -0.2) is 28.9 Å². The van der Waals surface area contributed by atoms with Crippen molar-refractivity contribution in [3.8, 4) is 0 Å². The summed E-state index contributed by atoms with van der Waals surface area (Å²) in [6.45, 7) is 0. The summed E-state index contributed by atoms with van der Waals surface area (Å²) in [5.74, 6) is -2.26. The first-order chi connectivity index (χ1) is 14.5. The van der Waals surface area contributed by atoms with Crippen LogP contribution in [0.2, 0.25) is 0 Å². The molecule has 0 saturated carbocycles. The molecular weight excluding hydrogens is 386 g/mol. The van der Waals surface area contributed by atoms with Gasteiger partial charge in [0.1, 0.15) is 0 Å². The van der Waals surface area contributed by atoms with Crippen molar-refractivity contribution >= 4 is 35.2 Å². The number of carbonyl (C=O) groups excluding carboxylic acids is 4. The minimum absolute atomic E-state index is 0.112. The Bertz CT molecular complexity index is 1110. The molecule has 0 aromatic heterocycles. The Morgan fingerprint density at radius 3 is 1.73 bits per heavy atom. The highest BCUT2D eigenvalue weighted by atomic mass is 16.7. The first-order valence-electron chi connectivity index (χ1n) is 8.96. The zero-order chi connectivity index (χ0) is 21.1. The third-order valence-electron chi connectivity index (χ3n) is 4.34. The molecule has 0 bridgehead atoms. The first kappa shape index (κ1) is 18.9. The Hall–Kier alpha value is -4.46. The fourth-order valence-electron chi connectivity index (χ4n) is 2.89. The molecule has 0 unspecified atom stereocenters. The zero-order valence-corrected chi connectivity index (χ0v) is 15.5. The average Bonchev–Trinajstić information content (AvgIpc) is 3.00. The van der Waals surface area contributed by atoms with Crippen LogP contribution in [0.3, 0.4) is 0 Å². The monoisotopic (exact) mass is 401 g/mol. The van der Waals surface area contributed by atoms with Gasteiger partial charge in [0.05, 0.1) is 16.7 Å². The van der Waals surface area contributed by atoms with Gasteiger partial charge in [-0.1, -0.05) is 35.4 Å². The van der Waals surface area contributed by atoms with Gasteiger partial charge < -0.3 is 15.5 Å². The molecule has 1 aliphatic heterocycles. The number of fused-ring (bicyclic) bond motifs is 1. The number of hydrogen-bond donors (Lipinski definition) is 2. The summed E-state index contributed by atoms with van der Waals surface area (Å²) in [6, 6.07) is 20.5. The van der Waals surface area contributed by atoms with Crippen molar-refractivity contribution in [2.24, 2.45) is 0 Å². The zero-order valence-electron chi connectivity index (χ0n) is 15.5. The van der Waals surface area contributed by atoms with E-state index >= 15 is 0 Å². The lowest BCUT2D eigenvalue weighted by atomic mass is 10.1. The number of rotatable bonds is 4. The van der Waals surface area contributed by atoms with E-state index in [2.05, 4.69) is 10.6 Å². The van der Waals surface area contributed by atoms with E-state index in [1.807, 2.05) is 6.07 Å². The van der Waals surface area contributed by atoms with Crippen molar-refractivity contribution in [2.75, 3.05) is 10.6 Å². The highest BCUT2D eigenvalue weighted by Gasteiger charge is 2.38. The number of carbonyl (C=O) groups is 4. The van der Waals surface area contributed by atoms with Crippen molar-refractivity contribution < 1.29 is 24.0 Å². The van der Waals surface area contributed by atoms with E-state index < -0.39 is 23.8 Å². The van der Waals surface area contributed by atoms with Gasteiger partial charge in [-0.2, -0.15) is 0 Å². The van der Waals surface area contributed by atoms with E-state index in [9.17, 15) is 19.2 Å². The van der Waals surface area contributed by atoms with Gasteiger partial charge in [-0.15, -0.1) is 0 Å². The summed E-state index contributed by atoms with van der Waals surface area (Å²) >= 11 is 0. The van der Waals surface area contributed by atoms with Gasteiger partial charge in [-0.3, -0.25) is 9.59 Å². The summed E-state index contributed by atoms with van der Waals surface area (Å²) in [5, 5.41) is 5.76. The van der Waals surface area contributed by atoms with Crippen LogP contribution in [0, 0.1) is 0 Å². The number of nitrogens with zero attached hydrogens (tertiary/aromatic N) is 1. The highest BCUT2D eigenvalue weighted by molar-refractivity contribution is 6.21. The fourth-order valence-corrected chi connectivity index (χ4v) is 2.89. The Balaban J connectivity index is 1.38. The van der Waals surface area contributed by atoms with Gasteiger partial charge in [-0.25, -0.2) is 9.59 Å². The van der Waals surface area contributed by atoms with Crippen LogP contribution < -0.4 is 10.6 Å². The summed E-state index contributed by atoms with van der Waals surface area (Å²) in [6.07, 6.45) is 0. The predicted octanol–water partition coefficient (Wildman–Crippen LogP) is 3.70. The molecule has 2 N–H and O–H groups in total. The van der Waals surface area contributed by atoms with Crippen molar-refractivity contribution in [1.29, 1.82) is 0 Å². The number of imide groups is 1.